The van der Waals surface area contributed by atoms with E-state index in [1.807, 2.05) is 24.3 Å². The van der Waals surface area contributed by atoms with Gasteiger partial charge in [-0.15, -0.1) is 0 Å². The lowest BCUT2D eigenvalue weighted by Gasteiger charge is -2.23. The molecule has 0 radical (unpaired) electrons. The fraction of sp³-hybridized carbons (Fsp3) is 0.409. The van der Waals surface area contributed by atoms with Gasteiger partial charge in [0.25, 0.3) is 5.56 Å². The quantitative estimate of drug-likeness (QED) is 0.627. The van der Waals surface area contributed by atoms with E-state index in [0.29, 0.717) is 12.1 Å². The second-order valence-electron chi connectivity index (χ2n) is 7.71. The first-order valence-electron chi connectivity index (χ1n) is 10.3. The minimum atomic E-state index is -0.564. The number of hydrogen-bond donors (Lipinski definition) is 2. The number of aliphatic hydroxyl groups excluding tert-OH is 1. The van der Waals surface area contributed by atoms with Crippen LogP contribution in [0.1, 0.15) is 47.7 Å². The number of β-amino-alcohol motifs (C(OH)–C–C–N with tert-alkyl or cyclic N) is 1. The number of methoxy groups -OCH3 is 1. The number of rotatable bonds is 5. The second-order valence-corrected chi connectivity index (χ2v) is 7.71. The van der Waals surface area contributed by atoms with Crippen LogP contribution < -0.4 is 5.56 Å². The molecule has 1 fully saturated rings. The number of carbonyl (C=O) groups is 1. The summed E-state index contributed by atoms with van der Waals surface area (Å²) in [7, 11) is 1.29. The molecular formula is C22H26N4O4. The first-order valence-corrected chi connectivity index (χ1v) is 10.3. The molecule has 158 valence electrons. The van der Waals surface area contributed by atoms with Gasteiger partial charge in [0.1, 0.15) is 11.3 Å². The first kappa shape index (κ1) is 20.3. The third-order valence-corrected chi connectivity index (χ3v) is 5.67. The zero-order valence-electron chi connectivity index (χ0n) is 17.0. The van der Waals surface area contributed by atoms with Crippen LogP contribution in [0.25, 0.3) is 16.9 Å². The summed E-state index contributed by atoms with van der Waals surface area (Å²) in [6.07, 6.45) is 7.56. The molecule has 3 aliphatic rings. The Bertz CT molecular complexity index is 1030. The van der Waals surface area contributed by atoms with Gasteiger partial charge in [-0.3, -0.25) is 4.79 Å². The lowest BCUT2D eigenvalue weighted by Crippen LogP contribution is -2.29. The largest absolute Gasteiger partial charge is 0.465 e. The highest BCUT2D eigenvalue weighted by Gasteiger charge is 2.22. The molecule has 1 saturated heterocycles. The third-order valence-electron chi connectivity index (χ3n) is 5.67. The molecule has 0 saturated carbocycles. The van der Waals surface area contributed by atoms with Gasteiger partial charge in [0.2, 0.25) is 0 Å². The van der Waals surface area contributed by atoms with Crippen molar-refractivity contribution in [2.24, 2.45) is 0 Å². The van der Waals surface area contributed by atoms with E-state index in [2.05, 4.69) is 15.1 Å². The Labute approximate surface area is 174 Å². The molecule has 0 aliphatic carbocycles. The minimum absolute atomic E-state index is 0.207. The van der Waals surface area contributed by atoms with Gasteiger partial charge < -0.3 is 19.3 Å². The van der Waals surface area contributed by atoms with E-state index in [9.17, 15) is 14.7 Å². The average molecular weight is 410 g/mol. The van der Waals surface area contributed by atoms with Crippen LogP contribution >= 0.6 is 0 Å². The molecule has 1 aromatic carbocycles. The maximum Gasteiger partial charge on any atom is 0.341 e. The maximum atomic E-state index is 12.1. The molecule has 0 spiro atoms. The molecule has 8 heteroatoms. The van der Waals surface area contributed by atoms with Crippen molar-refractivity contribution in [2.45, 2.75) is 31.8 Å². The van der Waals surface area contributed by atoms with Crippen molar-refractivity contribution in [1.82, 2.24) is 19.7 Å². The number of ether oxygens (including phenoxy) is 1. The molecule has 3 heterocycles. The van der Waals surface area contributed by atoms with Gasteiger partial charge in [0, 0.05) is 24.6 Å². The SMILES string of the molecule is COC(=O)c1cn(-c2ccc([C@@H](O)CN3CCCCCC3)cc2)cc2c(=O)[nH]nc1-2. The Morgan fingerprint density at radius 1 is 1.17 bits per heavy atom. The van der Waals surface area contributed by atoms with Crippen molar-refractivity contribution in [3.05, 3.63) is 58.1 Å². The highest BCUT2D eigenvalue weighted by atomic mass is 16.5. The number of nitrogens with zero attached hydrogens (tertiary/aromatic N) is 3. The van der Waals surface area contributed by atoms with Gasteiger partial charge in [0.15, 0.2) is 0 Å². The van der Waals surface area contributed by atoms with Gasteiger partial charge in [-0.2, -0.15) is 5.10 Å². The number of fused-ring (bicyclic) bond motifs is 1. The normalized spacial score (nSPS) is 16.3. The topological polar surface area (TPSA) is 100 Å². The number of nitrogens with one attached hydrogen (secondary N) is 1. The molecule has 2 N–H and O–H groups in total. The number of aromatic amines is 1. The van der Waals surface area contributed by atoms with Crippen LogP contribution in [0.3, 0.4) is 0 Å². The molecule has 0 amide bonds. The molecule has 3 aliphatic heterocycles. The summed E-state index contributed by atoms with van der Waals surface area (Å²) in [4.78, 5) is 26.5. The van der Waals surface area contributed by atoms with E-state index < -0.39 is 12.1 Å². The molecule has 0 aromatic heterocycles. The lowest BCUT2D eigenvalue weighted by molar-refractivity contribution is 0.0600. The number of carbonyl (C=O) groups excluding carboxylic acids is 1. The summed E-state index contributed by atoms with van der Waals surface area (Å²) in [6, 6.07) is 7.47. The average Bonchev–Trinajstić information content (AvgIpc) is 2.97. The summed E-state index contributed by atoms with van der Waals surface area (Å²) >= 11 is 0. The maximum absolute atomic E-state index is 12.1. The number of H-pyrrole nitrogens is 1. The van der Waals surface area contributed by atoms with Crippen LogP contribution in [0, 0.1) is 0 Å². The Morgan fingerprint density at radius 2 is 1.87 bits per heavy atom. The van der Waals surface area contributed by atoms with E-state index in [1.54, 1.807) is 17.0 Å². The van der Waals surface area contributed by atoms with Crippen molar-refractivity contribution >= 4 is 5.97 Å². The van der Waals surface area contributed by atoms with Crippen molar-refractivity contribution in [1.29, 1.82) is 0 Å². The Balaban J connectivity index is 1.58. The molecule has 30 heavy (non-hydrogen) atoms. The number of likely N-dealkylation sites (tertiary alicyclic amines) is 1. The fourth-order valence-corrected chi connectivity index (χ4v) is 3.98. The van der Waals surface area contributed by atoms with Gasteiger partial charge in [-0.05, 0) is 43.6 Å². The molecule has 8 nitrogen and oxygen atoms in total. The number of benzene rings is 1. The summed E-state index contributed by atoms with van der Waals surface area (Å²) < 4.78 is 6.52. The van der Waals surface area contributed by atoms with Gasteiger partial charge in [0.05, 0.1) is 18.8 Å². The molecule has 1 atom stereocenters. The molecule has 4 rings (SSSR count). The van der Waals surface area contributed by atoms with Crippen LogP contribution in [0.4, 0.5) is 0 Å². The molecular weight excluding hydrogens is 384 g/mol. The molecule has 0 bridgehead atoms. The smallest absolute Gasteiger partial charge is 0.341 e. The highest BCUT2D eigenvalue weighted by Crippen LogP contribution is 2.24. The summed E-state index contributed by atoms with van der Waals surface area (Å²) in [5, 5.41) is 17.0. The number of aliphatic hydroxyl groups is 1. The van der Waals surface area contributed by atoms with E-state index in [0.717, 1.165) is 24.3 Å². The zero-order chi connectivity index (χ0) is 21.1. The van der Waals surface area contributed by atoms with Crippen molar-refractivity contribution in [2.75, 3.05) is 26.7 Å². The number of hydrogen-bond acceptors (Lipinski definition) is 6. The first-order chi connectivity index (χ1) is 14.6. The Morgan fingerprint density at radius 3 is 2.53 bits per heavy atom. The van der Waals surface area contributed by atoms with Crippen molar-refractivity contribution in [3.8, 4) is 16.9 Å². The number of esters is 1. The van der Waals surface area contributed by atoms with Gasteiger partial charge in [-0.1, -0.05) is 25.0 Å². The fourth-order valence-electron chi connectivity index (χ4n) is 3.98. The zero-order valence-corrected chi connectivity index (χ0v) is 17.0. The molecule has 0 unspecified atom stereocenters. The van der Waals surface area contributed by atoms with Gasteiger partial charge >= 0.3 is 5.97 Å². The van der Waals surface area contributed by atoms with E-state index in [-0.39, 0.29) is 16.8 Å². The highest BCUT2D eigenvalue weighted by molar-refractivity contribution is 5.96. The lowest BCUT2D eigenvalue weighted by atomic mass is 10.1. The molecule has 1 aromatic rings. The monoisotopic (exact) mass is 410 g/mol. The second kappa shape index (κ2) is 8.81. The minimum Gasteiger partial charge on any atom is -0.465 e. The van der Waals surface area contributed by atoms with E-state index in [1.165, 1.54) is 32.8 Å². The predicted molar refractivity (Wildman–Crippen MR) is 112 cm³/mol. The Kier molecular flexibility index (Phi) is 5.96. The van der Waals surface area contributed by atoms with Crippen LogP contribution in [0.2, 0.25) is 0 Å². The standard InChI is InChI=1S/C22H26N4O4/c1-30-22(29)18-13-26(12-17-20(18)23-24-21(17)28)16-8-6-15(7-9-16)19(27)14-25-10-4-2-3-5-11-25/h6-9,12-13,19,27H,2-5,10-11,14H2,1H3,(H,24,28)/t19-/m0/s1. The summed E-state index contributed by atoms with van der Waals surface area (Å²) in [5.41, 5.74) is 2.03. The van der Waals surface area contributed by atoms with E-state index >= 15 is 0 Å². The van der Waals surface area contributed by atoms with Crippen LogP contribution in [-0.2, 0) is 4.74 Å². The third kappa shape index (κ3) is 4.15. The predicted octanol–water partition coefficient (Wildman–Crippen LogP) is 2.36. The summed E-state index contributed by atoms with van der Waals surface area (Å²) in [5.74, 6) is -0.564. The van der Waals surface area contributed by atoms with Crippen LogP contribution in [0.15, 0.2) is 41.5 Å². The van der Waals surface area contributed by atoms with Crippen LogP contribution in [-0.4, -0.2) is 57.5 Å². The van der Waals surface area contributed by atoms with Crippen molar-refractivity contribution < 1.29 is 14.6 Å². The van der Waals surface area contributed by atoms with Crippen molar-refractivity contribution in [3.63, 3.8) is 0 Å². The Hall–Kier alpha value is -2.97. The number of aromatic nitrogens is 3. The van der Waals surface area contributed by atoms with E-state index in [4.69, 9.17) is 4.74 Å². The van der Waals surface area contributed by atoms with Crippen LogP contribution in [0.5, 0.6) is 0 Å². The number of pyridine rings is 1. The van der Waals surface area contributed by atoms with Gasteiger partial charge in [-0.25, -0.2) is 9.89 Å². The summed E-state index contributed by atoms with van der Waals surface area (Å²) in [6.45, 7) is 2.69.